The molecule has 0 spiro atoms. The molecule has 0 heterocycles. The second kappa shape index (κ2) is 7.56. The molecule has 0 aromatic heterocycles. The van der Waals surface area contributed by atoms with Crippen LogP contribution in [0.5, 0.6) is 0 Å². The van der Waals surface area contributed by atoms with Crippen LogP contribution in [0.15, 0.2) is 12.1 Å². The molecule has 0 saturated carbocycles. The van der Waals surface area contributed by atoms with Crippen molar-refractivity contribution < 1.29 is 10.2 Å². The van der Waals surface area contributed by atoms with E-state index in [2.05, 4.69) is 0 Å². The molecule has 0 radical (unpaired) electrons. The van der Waals surface area contributed by atoms with Gasteiger partial charge in [-0.05, 0) is 37.0 Å². The van der Waals surface area contributed by atoms with E-state index in [9.17, 15) is 10.2 Å². The highest BCUT2D eigenvalue weighted by Gasteiger charge is 2.17. The minimum atomic E-state index is -0.768. The summed E-state index contributed by atoms with van der Waals surface area (Å²) < 4.78 is 0. The van der Waals surface area contributed by atoms with Crippen molar-refractivity contribution in [2.45, 2.75) is 44.8 Å². The fraction of sp³-hybridized carbons (Fsp3) is 0.538. The van der Waals surface area contributed by atoms with Crippen molar-refractivity contribution in [3.63, 3.8) is 0 Å². The first-order valence-electron chi connectivity index (χ1n) is 5.95. The van der Waals surface area contributed by atoms with Crippen LogP contribution in [0.2, 0.25) is 15.1 Å². The molecule has 0 bridgehead atoms. The molecule has 0 saturated heterocycles. The van der Waals surface area contributed by atoms with E-state index < -0.39 is 12.2 Å². The zero-order valence-electron chi connectivity index (χ0n) is 10.2. The molecule has 1 aromatic rings. The van der Waals surface area contributed by atoms with Gasteiger partial charge in [0.05, 0.1) is 22.3 Å². The molecule has 0 aliphatic carbocycles. The van der Waals surface area contributed by atoms with Gasteiger partial charge in [0.1, 0.15) is 0 Å². The van der Waals surface area contributed by atoms with Crippen LogP contribution < -0.4 is 0 Å². The van der Waals surface area contributed by atoms with Gasteiger partial charge in [-0.3, -0.25) is 0 Å². The normalized spacial score (nSPS) is 14.6. The number of benzene rings is 1. The van der Waals surface area contributed by atoms with E-state index in [0.29, 0.717) is 39.9 Å². The van der Waals surface area contributed by atoms with Crippen LogP contribution in [0.25, 0.3) is 0 Å². The Balaban J connectivity index is 2.66. The molecular formula is C13H17Cl3O2. The van der Waals surface area contributed by atoms with Gasteiger partial charge in [-0.2, -0.15) is 0 Å². The predicted octanol–water partition coefficient (Wildman–Crippen LogP) is 4.10. The van der Waals surface area contributed by atoms with E-state index in [1.807, 2.05) is 6.92 Å². The number of aliphatic hydroxyl groups is 2. The van der Waals surface area contributed by atoms with Crippen molar-refractivity contribution >= 4 is 34.8 Å². The molecule has 1 aromatic carbocycles. The fourth-order valence-electron chi connectivity index (χ4n) is 1.77. The van der Waals surface area contributed by atoms with Gasteiger partial charge in [0.15, 0.2) is 0 Å². The largest absolute Gasteiger partial charge is 0.390 e. The van der Waals surface area contributed by atoms with Gasteiger partial charge in [0.25, 0.3) is 0 Å². The third kappa shape index (κ3) is 4.29. The molecule has 2 N–H and O–H groups in total. The Morgan fingerprint density at radius 3 is 2.17 bits per heavy atom. The number of hydrogen-bond donors (Lipinski definition) is 2. The van der Waals surface area contributed by atoms with Crippen LogP contribution in [0.1, 0.15) is 31.7 Å². The summed E-state index contributed by atoms with van der Waals surface area (Å²) in [7, 11) is 0. The summed E-state index contributed by atoms with van der Waals surface area (Å²) >= 11 is 18.0. The van der Waals surface area contributed by atoms with E-state index >= 15 is 0 Å². The van der Waals surface area contributed by atoms with Gasteiger partial charge in [0, 0.05) is 5.02 Å². The summed E-state index contributed by atoms with van der Waals surface area (Å²) in [6.45, 7) is 1.96. The highest BCUT2D eigenvalue weighted by molar-refractivity contribution is 6.44. The molecule has 18 heavy (non-hydrogen) atoms. The molecule has 2 unspecified atom stereocenters. The van der Waals surface area contributed by atoms with Crippen molar-refractivity contribution in [2.75, 3.05) is 0 Å². The lowest BCUT2D eigenvalue weighted by molar-refractivity contribution is 0.00981. The second-order valence-electron chi connectivity index (χ2n) is 4.28. The summed E-state index contributed by atoms with van der Waals surface area (Å²) in [6, 6.07) is 3.32. The van der Waals surface area contributed by atoms with E-state index in [1.54, 1.807) is 12.1 Å². The number of hydrogen-bond acceptors (Lipinski definition) is 2. The van der Waals surface area contributed by atoms with E-state index in [4.69, 9.17) is 34.8 Å². The maximum atomic E-state index is 9.79. The third-order valence-electron chi connectivity index (χ3n) is 2.86. The summed E-state index contributed by atoms with van der Waals surface area (Å²) in [5, 5.41) is 20.8. The monoisotopic (exact) mass is 310 g/mol. The van der Waals surface area contributed by atoms with Crippen LogP contribution in [-0.4, -0.2) is 22.4 Å². The minimum Gasteiger partial charge on any atom is -0.390 e. The summed E-state index contributed by atoms with van der Waals surface area (Å²) in [4.78, 5) is 0. The van der Waals surface area contributed by atoms with Gasteiger partial charge < -0.3 is 10.2 Å². The highest BCUT2D eigenvalue weighted by atomic mass is 35.5. The lowest BCUT2D eigenvalue weighted by Crippen LogP contribution is -2.26. The number of aliphatic hydroxyl groups excluding tert-OH is 2. The van der Waals surface area contributed by atoms with Crippen molar-refractivity contribution in [2.24, 2.45) is 0 Å². The third-order valence-corrected chi connectivity index (χ3v) is 4.06. The lowest BCUT2D eigenvalue weighted by Gasteiger charge is -2.17. The van der Waals surface area contributed by atoms with Gasteiger partial charge in [0.2, 0.25) is 0 Å². The van der Waals surface area contributed by atoms with Gasteiger partial charge in [-0.15, -0.1) is 0 Å². The average Bonchev–Trinajstić information content (AvgIpc) is 2.34. The molecule has 1 rings (SSSR count). The zero-order valence-corrected chi connectivity index (χ0v) is 12.4. The molecule has 2 atom stereocenters. The van der Waals surface area contributed by atoms with Crippen molar-refractivity contribution in [1.29, 1.82) is 0 Å². The van der Waals surface area contributed by atoms with E-state index in [1.165, 1.54) is 0 Å². The summed E-state index contributed by atoms with van der Waals surface area (Å²) in [6.07, 6.45) is 0.832. The van der Waals surface area contributed by atoms with E-state index in [-0.39, 0.29) is 0 Å². The Bertz CT molecular complexity index is 396. The maximum Gasteiger partial charge on any atom is 0.0802 e. The SMILES string of the molecule is CCCC(O)C(O)CCc1c(Cl)ccc(Cl)c1Cl. The average molecular weight is 312 g/mol. The molecule has 0 aliphatic rings. The van der Waals surface area contributed by atoms with Crippen molar-refractivity contribution in [3.05, 3.63) is 32.8 Å². The molecular weight excluding hydrogens is 294 g/mol. The maximum absolute atomic E-state index is 9.79. The Morgan fingerprint density at radius 1 is 1.00 bits per heavy atom. The van der Waals surface area contributed by atoms with Crippen LogP contribution >= 0.6 is 34.8 Å². The summed E-state index contributed by atoms with van der Waals surface area (Å²) in [5.41, 5.74) is 0.716. The van der Waals surface area contributed by atoms with Crippen LogP contribution in [0, 0.1) is 0 Å². The minimum absolute atomic E-state index is 0.404. The van der Waals surface area contributed by atoms with E-state index in [0.717, 1.165) is 6.42 Å². The Kier molecular flexibility index (Phi) is 6.75. The highest BCUT2D eigenvalue weighted by Crippen LogP contribution is 2.32. The topological polar surface area (TPSA) is 40.5 Å². The fourth-order valence-corrected chi connectivity index (χ4v) is 2.51. The first-order valence-corrected chi connectivity index (χ1v) is 7.09. The summed E-state index contributed by atoms with van der Waals surface area (Å²) in [5.74, 6) is 0. The van der Waals surface area contributed by atoms with Crippen molar-refractivity contribution in [1.82, 2.24) is 0 Å². The number of halogens is 3. The standard InChI is InChI=1S/C13H17Cl3O2/c1-2-3-11(17)12(18)7-4-8-9(14)5-6-10(15)13(8)16/h5-6,11-12,17-18H,2-4,7H2,1H3. The van der Waals surface area contributed by atoms with Gasteiger partial charge in [-0.1, -0.05) is 48.1 Å². The number of rotatable bonds is 6. The van der Waals surface area contributed by atoms with Crippen molar-refractivity contribution in [3.8, 4) is 0 Å². The Hall–Kier alpha value is 0.01000. The zero-order chi connectivity index (χ0) is 13.7. The first-order chi connectivity index (χ1) is 8.47. The first kappa shape index (κ1) is 16.1. The molecule has 0 amide bonds. The molecule has 102 valence electrons. The van der Waals surface area contributed by atoms with Gasteiger partial charge in [-0.25, -0.2) is 0 Å². The molecule has 5 heteroatoms. The smallest absolute Gasteiger partial charge is 0.0802 e. The lowest BCUT2D eigenvalue weighted by atomic mass is 10.0. The second-order valence-corrected chi connectivity index (χ2v) is 5.48. The molecule has 0 aliphatic heterocycles. The van der Waals surface area contributed by atoms with Gasteiger partial charge >= 0.3 is 0 Å². The van der Waals surface area contributed by atoms with Crippen LogP contribution in [0.3, 0.4) is 0 Å². The van der Waals surface area contributed by atoms with Crippen LogP contribution in [0.4, 0.5) is 0 Å². The Morgan fingerprint density at radius 2 is 1.56 bits per heavy atom. The van der Waals surface area contributed by atoms with Crippen LogP contribution in [-0.2, 0) is 6.42 Å². The Labute approximate surface area is 122 Å². The molecule has 0 fully saturated rings. The predicted molar refractivity (Wildman–Crippen MR) is 76.7 cm³/mol. The molecule has 2 nitrogen and oxygen atoms in total. The quantitative estimate of drug-likeness (QED) is 0.776.